The third kappa shape index (κ3) is 1.39. The number of epoxide rings is 1. The summed E-state index contributed by atoms with van der Waals surface area (Å²) in [6, 6.07) is 4.90. The summed E-state index contributed by atoms with van der Waals surface area (Å²) in [4.78, 5) is 34.6. The van der Waals surface area contributed by atoms with Crippen molar-refractivity contribution in [1.29, 1.82) is 0 Å². The van der Waals surface area contributed by atoms with Crippen molar-refractivity contribution in [2.45, 2.75) is 31.2 Å². The van der Waals surface area contributed by atoms with Crippen molar-refractivity contribution < 1.29 is 28.6 Å². The van der Waals surface area contributed by atoms with Gasteiger partial charge in [-0.1, -0.05) is 13.0 Å². The van der Waals surface area contributed by atoms with Crippen LogP contribution in [0.5, 0.6) is 0 Å². The van der Waals surface area contributed by atoms with Gasteiger partial charge in [-0.05, 0) is 17.7 Å². The second-order valence-electron chi connectivity index (χ2n) is 5.45. The van der Waals surface area contributed by atoms with E-state index >= 15 is 0 Å². The minimum Gasteiger partial charge on any atom is -0.433 e. The SMILES string of the molecule is CC1(c2ccc3c(c2)C(=O)OC3=O)CC(=O)OC2OC21. The summed E-state index contributed by atoms with van der Waals surface area (Å²) >= 11 is 0. The number of carbonyl (C=O) groups excluding carboxylic acids is 3. The lowest BCUT2D eigenvalue weighted by Crippen LogP contribution is -2.38. The first-order valence-electron chi connectivity index (χ1n) is 6.25. The van der Waals surface area contributed by atoms with Crippen molar-refractivity contribution in [2.24, 2.45) is 0 Å². The van der Waals surface area contributed by atoms with E-state index in [4.69, 9.17) is 9.47 Å². The second-order valence-corrected chi connectivity index (χ2v) is 5.45. The van der Waals surface area contributed by atoms with Crippen LogP contribution in [0, 0.1) is 0 Å². The number of hydrogen-bond donors (Lipinski definition) is 0. The maximum atomic E-state index is 11.6. The predicted molar refractivity (Wildman–Crippen MR) is 62.9 cm³/mol. The Morgan fingerprint density at radius 1 is 1.15 bits per heavy atom. The number of fused-ring (bicyclic) bond motifs is 2. The zero-order chi connectivity index (χ0) is 14.1. The van der Waals surface area contributed by atoms with Gasteiger partial charge >= 0.3 is 17.9 Å². The fourth-order valence-electron chi connectivity index (χ4n) is 2.92. The van der Waals surface area contributed by atoms with Crippen molar-refractivity contribution in [2.75, 3.05) is 0 Å². The number of esters is 3. The minimum atomic E-state index is -0.651. The molecule has 1 aromatic carbocycles. The molecular formula is C14H10O6. The van der Waals surface area contributed by atoms with Gasteiger partial charge in [-0.25, -0.2) is 9.59 Å². The van der Waals surface area contributed by atoms with E-state index in [1.807, 2.05) is 6.92 Å². The molecule has 2 fully saturated rings. The maximum absolute atomic E-state index is 11.6. The Bertz CT molecular complexity index is 678. The molecule has 1 aromatic rings. The second kappa shape index (κ2) is 3.46. The van der Waals surface area contributed by atoms with Gasteiger partial charge in [0, 0.05) is 5.41 Å². The molecule has 102 valence electrons. The first kappa shape index (κ1) is 11.6. The van der Waals surface area contributed by atoms with Gasteiger partial charge in [-0.3, -0.25) is 4.79 Å². The monoisotopic (exact) mass is 274 g/mol. The van der Waals surface area contributed by atoms with Crippen molar-refractivity contribution in [3.05, 3.63) is 34.9 Å². The van der Waals surface area contributed by atoms with Gasteiger partial charge in [0.1, 0.15) is 6.10 Å². The quantitative estimate of drug-likeness (QED) is 0.430. The first-order chi connectivity index (χ1) is 9.49. The highest BCUT2D eigenvalue weighted by molar-refractivity contribution is 6.14. The van der Waals surface area contributed by atoms with E-state index in [9.17, 15) is 14.4 Å². The molecular weight excluding hydrogens is 264 g/mol. The van der Waals surface area contributed by atoms with Crippen LogP contribution < -0.4 is 0 Å². The summed E-state index contributed by atoms with van der Waals surface area (Å²) in [7, 11) is 0. The van der Waals surface area contributed by atoms with Crippen LogP contribution in [-0.4, -0.2) is 30.3 Å². The molecule has 2 saturated heterocycles. The van der Waals surface area contributed by atoms with Crippen molar-refractivity contribution in [3.8, 4) is 0 Å². The highest BCUT2D eigenvalue weighted by Gasteiger charge is 2.60. The lowest BCUT2D eigenvalue weighted by molar-refractivity contribution is -0.151. The molecule has 20 heavy (non-hydrogen) atoms. The van der Waals surface area contributed by atoms with E-state index in [1.54, 1.807) is 18.2 Å². The van der Waals surface area contributed by atoms with Gasteiger partial charge in [0.2, 0.25) is 6.29 Å². The first-order valence-corrected chi connectivity index (χ1v) is 6.25. The van der Waals surface area contributed by atoms with Crippen LogP contribution in [0.2, 0.25) is 0 Å². The zero-order valence-corrected chi connectivity index (χ0v) is 10.5. The van der Waals surface area contributed by atoms with E-state index in [0.29, 0.717) is 0 Å². The molecule has 3 atom stereocenters. The summed E-state index contributed by atoms with van der Waals surface area (Å²) in [6.07, 6.45) is -0.523. The molecule has 0 amide bonds. The molecule has 0 spiro atoms. The molecule has 3 aliphatic heterocycles. The van der Waals surface area contributed by atoms with Crippen LogP contribution in [0.15, 0.2) is 18.2 Å². The average molecular weight is 274 g/mol. The van der Waals surface area contributed by atoms with Crippen LogP contribution in [-0.2, 0) is 24.4 Å². The number of cyclic esters (lactones) is 2. The largest absolute Gasteiger partial charge is 0.433 e. The third-order valence-corrected chi connectivity index (χ3v) is 4.14. The summed E-state index contributed by atoms with van der Waals surface area (Å²) < 4.78 is 14.9. The molecule has 6 heteroatoms. The molecule has 3 aliphatic rings. The fourth-order valence-corrected chi connectivity index (χ4v) is 2.92. The number of hydrogen-bond acceptors (Lipinski definition) is 6. The lowest BCUT2D eigenvalue weighted by atomic mass is 9.74. The third-order valence-electron chi connectivity index (χ3n) is 4.14. The Hall–Kier alpha value is -2.21. The van der Waals surface area contributed by atoms with Crippen molar-refractivity contribution in [1.82, 2.24) is 0 Å². The Kier molecular flexibility index (Phi) is 2.01. The van der Waals surface area contributed by atoms with Gasteiger partial charge in [-0.2, -0.15) is 0 Å². The standard InChI is InChI=1S/C14H10O6/c1-14(5-9(15)18-13-10(14)19-13)6-2-3-7-8(4-6)12(17)20-11(7)16/h2-4,10,13H,5H2,1H3. The average Bonchev–Trinajstić information content (AvgIpc) is 3.12. The van der Waals surface area contributed by atoms with E-state index in [1.165, 1.54) is 0 Å². The highest BCUT2D eigenvalue weighted by Crippen LogP contribution is 2.48. The topological polar surface area (TPSA) is 82.2 Å². The van der Waals surface area contributed by atoms with Crippen LogP contribution in [0.25, 0.3) is 0 Å². The van der Waals surface area contributed by atoms with Gasteiger partial charge in [0.15, 0.2) is 0 Å². The van der Waals surface area contributed by atoms with Crippen LogP contribution >= 0.6 is 0 Å². The van der Waals surface area contributed by atoms with Crippen LogP contribution in [0.1, 0.15) is 39.6 Å². The molecule has 0 aliphatic carbocycles. The smallest absolute Gasteiger partial charge is 0.346 e. The molecule has 3 heterocycles. The summed E-state index contributed by atoms with van der Waals surface area (Å²) in [5.41, 5.74) is 0.715. The van der Waals surface area contributed by atoms with Crippen LogP contribution in [0.3, 0.4) is 0 Å². The lowest BCUT2D eigenvalue weighted by Gasteiger charge is -2.30. The molecule has 4 rings (SSSR count). The molecule has 3 unspecified atom stereocenters. The molecule has 0 radical (unpaired) electrons. The predicted octanol–water partition coefficient (Wildman–Crippen LogP) is 0.927. The van der Waals surface area contributed by atoms with E-state index in [0.717, 1.165) is 5.56 Å². The Morgan fingerprint density at radius 2 is 1.90 bits per heavy atom. The van der Waals surface area contributed by atoms with Gasteiger partial charge in [0.25, 0.3) is 0 Å². The Labute approximate surface area is 113 Å². The summed E-state index contributed by atoms with van der Waals surface area (Å²) in [5.74, 6) is -1.61. The van der Waals surface area contributed by atoms with E-state index < -0.39 is 23.6 Å². The molecule has 6 nitrogen and oxygen atoms in total. The van der Waals surface area contributed by atoms with Gasteiger partial charge < -0.3 is 14.2 Å². The Balaban J connectivity index is 1.80. The Morgan fingerprint density at radius 3 is 2.70 bits per heavy atom. The summed E-state index contributed by atoms with van der Waals surface area (Å²) in [6.45, 7) is 1.89. The fraction of sp³-hybridized carbons (Fsp3) is 0.357. The number of benzene rings is 1. The molecule has 0 aromatic heterocycles. The van der Waals surface area contributed by atoms with Crippen LogP contribution in [0.4, 0.5) is 0 Å². The van der Waals surface area contributed by atoms with Crippen molar-refractivity contribution >= 4 is 17.9 Å². The number of carbonyl (C=O) groups is 3. The molecule has 0 N–H and O–H groups in total. The maximum Gasteiger partial charge on any atom is 0.346 e. The normalized spacial score (nSPS) is 34.1. The van der Waals surface area contributed by atoms with E-state index in [-0.39, 0.29) is 29.6 Å². The van der Waals surface area contributed by atoms with Gasteiger partial charge in [-0.15, -0.1) is 0 Å². The van der Waals surface area contributed by atoms with Crippen molar-refractivity contribution in [3.63, 3.8) is 0 Å². The summed E-state index contributed by atoms with van der Waals surface area (Å²) in [5, 5.41) is 0. The minimum absolute atomic E-state index is 0.177. The molecule has 0 bridgehead atoms. The van der Waals surface area contributed by atoms with E-state index in [2.05, 4.69) is 4.74 Å². The molecule has 0 saturated carbocycles. The highest BCUT2D eigenvalue weighted by atomic mass is 16.8. The number of ether oxygens (including phenoxy) is 3. The number of rotatable bonds is 1. The van der Waals surface area contributed by atoms with Gasteiger partial charge in [0.05, 0.1) is 17.5 Å². The zero-order valence-electron chi connectivity index (χ0n) is 10.5.